The second kappa shape index (κ2) is 12.5. The molecule has 0 spiro atoms. The Morgan fingerprint density at radius 3 is 2.50 bits per heavy atom. The van der Waals surface area contributed by atoms with E-state index in [0.29, 0.717) is 18.8 Å². The second-order valence-electron chi connectivity index (χ2n) is 6.26. The summed E-state index contributed by atoms with van der Waals surface area (Å²) in [4.78, 5) is 26.0. The van der Waals surface area contributed by atoms with Gasteiger partial charge in [0.2, 0.25) is 0 Å². The topological polar surface area (TPSA) is 110 Å². The van der Waals surface area contributed by atoms with Crippen LogP contribution in [-0.2, 0) is 25.4 Å². The zero-order valence-electron chi connectivity index (χ0n) is 17.2. The van der Waals surface area contributed by atoms with Gasteiger partial charge in [0.1, 0.15) is 6.61 Å². The molecule has 0 saturated heterocycles. The third-order valence-corrected chi connectivity index (χ3v) is 4.21. The number of methoxy groups -OCH3 is 1. The van der Waals surface area contributed by atoms with Gasteiger partial charge >= 0.3 is 11.7 Å². The van der Waals surface area contributed by atoms with E-state index in [1.165, 1.54) is 13.2 Å². The molecule has 162 valence electrons. The van der Waals surface area contributed by atoms with Gasteiger partial charge in [0, 0.05) is 17.8 Å². The minimum atomic E-state index is -0.508. The van der Waals surface area contributed by atoms with E-state index in [0.717, 1.165) is 17.5 Å². The van der Waals surface area contributed by atoms with E-state index in [-0.39, 0.29) is 43.8 Å². The predicted octanol–water partition coefficient (Wildman–Crippen LogP) is 3.19. The van der Waals surface area contributed by atoms with E-state index in [1.54, 1.807) is 6.20 Å². The van der Waals surface area contributed by atoms with Crippen molar-refractivity contribution in [1.82, 2.24) is 4.98 Å². The van der Waals surface area contributed by atoms with E-state index >= 15 is 0 Å². The highest BCUT2D eigenvalue weighted by Gasteiger charge is 2.18. The molecule has 0 fully saturated rings. The molecule has 0 saturated carbocycles. The van der Waals surface area contributed by atoms with Crippen molar-refractivity contribution in [2.24, 2.45) is 0 Å². The van der Waals surface area contributed by atoms with Crippen molar-refractivity contribution in [3.05, 3.63) is 52.2 Å². The number of carbonyl (C=O) groups excluding carboxylic acids is 1. The van der Waals surface area contributed by atoms with Crippen LogP contribution in [0.4, 0.5) is 5.69 Å². The van der Waals surface area contributed by atoms with Crippen LogP contribution < -0.4 is 4.74 Å². The summed E-state index contributed by atoms with van der Waals surface area (Å²) < 4.78 is 20.5. The van der Waals surface area contributed by atoms with Gasteiger partial charge in [0.15, 0.2) is 0 Å². The van der Waals surface area contributed by atoms with Crippen LogP contribution in [0.3, 0.4) is 0 Å². The average Bonchev–Trinajstić information content (AvgIpc) is 2.77. The zero-order valence-corrected chi connectivity index (χ0v) is 17.2. The van der Waals surface area contributed by atoms with Crippen LogP contribution in [0.2, 0.25) is 0 Å². The molecule has 1 heterocycles. The average molecular weight is 418 g/mol. The number of pyridine rings is 1. The number of hydrogen-bond donors (Lipinski definition) is 0. The third-order valence-electron chi connectivity index (χ3n) is 4.21. The summed E-state index contributed by atoms with van der Waals surface area (Å²) in [5.41, 5.74) is 2.47. The van der Waals surface area contributed by atoms with Gasteiger partial charge in [-0.15, -0.1) is 0 Å². The molecule has 1 aromatic heterocycles. The third kappa shape index (κ3) is 7.41. The van der Waals surface area contributed by atoms with Crippen molar-refractivity contribution >= 4 is 11.7 Å². The lowest BCUT2D eigenvalue weighted by Gasteiger charge is -2.09. The van der Waals surface area contributed by atoms with Crippen molar-refractivity contribution in [2.45, 2.75) is 19.8 Å². The first-order chi connectivity index (χ1) is 14.5. The Morgan fingerprint density at radius 2 is 1.80 bits per heavy atom. The van der Waals surface area contributed by atoms with E-state index in [1.807, 2.05) is 31.2 Å². The smallest absolute Gasteiger partial charge is 0.331 e. The van der Waals surface area contributed by atoms with Crippen molar-refractivity contribution < 1.29 is 28.7 Å². The number of nitro groups is 1. The molecule has 0 radical (unpaired) electrons. The summed E-state index contributed by atoms with van der Waals surface area (Å²) in [5.74, 6) is -0.379. The fourth-order valence-corrected chi connectivity index (χ4v) is 2.59. The zero-order chi connectivity index (χ0) is 21.8. The summed E-state index contributed by atoms with van der Waals surface area (Å²) in [6.07, 6.45) is 2.63. The number of aryl methyl sites for hydroxylation is 1. The minimum Gasteiger partial charge on any atom is -0.470 e. The molecular formula is C21H26N2O7. The van der Waals surface area contributed by atoms with Crippen molar-refractivity contribution in [3.8, 4) is 17.0 Å². The molecule has 0 atom stereocenters. The molecule has 0 aliphatic rings. The maximum Gasteiger partial charge on any atom is 0.331 e. The molecule has 9 heteroatoms. The highest BCUT2D eigenvalue weighted by Crippen LogP contribution is 2.30. The van der Waals surface area contributed by atoms with Gasteiger partial charge in [-0.05, 0) is 17.5 Å². The predicted molar refractivity (Wildman–Crippen MR) is 109 cm³/mol. The standard InChI is InChI=1S/C21H26N2O7/c1-3-16-5-4-6-17(13-16)18-14-19(23(25)26)21(22-15-18)30-12-11-29-10-9-28-8-7-20(24)27-2/h4-6,13-15H,3,7-12H2,1-2H3. The largest absolute Gasteiger partial charge is 0.470 e. The Kier molecular flexibility index (Phi) is 9.69. The normalized spacial score (nSPS) is 10.6. The SMILES string of the molecule is CCc1cccc(-c2cnc(OCCOCCOCCC(=O)OC)c([N+](=O)[O-])c2)c1. The van der Waals surface area contributed by atoms with Gasteiger partial charge < -0.3 is 18.9 Å². The summed E-state index contributed by atoms with van der Waals surface area (Å²) in [5, 5.41) is 11.4. The van der Waals surface area contributed by atoms with Gasteiger partial charge in [0.25, 0.3) is 5.88 Å². The molecule has 2 aromatic rings. The fourth-order valence-electron chi connectivity index (χ4n) is 2.59. The molecule has 0 unspecified atom stereocenters. The van der Waals surface area contributed by atoms with Crippen LogP contribution in [0.15, 0.2) is 36.5 Å². The van der Waals surface area contributed by atoms with Gasteiger partial charge in [-0.2, -0.15) is 0 Å². The minimum absolute atomic E-state index is 0.0478. The van der Waals surface area contributed by atoms with Gasteiger partial charge in [0.05, 0.1) is 44.9 Å². The van der Waals surface area contributed by atoms with Crippen molar-refractivity contribution in [3.63, 3.8) is 0 Å². The molecule has 1 aromatic carbocycles. The van der Waals surface area contributed by atoms with Crippen molar-refractivity contribution in [1.29, 1.82) is 0 Å². The van der Waals surface area contributed by atoms with Crippen molar-refractivity contribution in [2.75, 3.05) is 40.1 Å². The Labute approximate surface area is 175 Å². The summed E-state index contributed by atoms with van der Waals surface area (Å²) >= 11 is 0. The molecule has 2 rings (SSSR count). The van der Waals surface area contributed by atoms with Crippen LogP contribution in [0.5, 0.6) is 5.88 Å². The van der Waals surface area contributed by atoms with Crippen LogP contribution in [0.1, 0.15) is 18.9 Å². The Balaban J connectivity index is 1.82. The number of ether oxygens (including phenoxy) is 4. The monoisotopic (exact) mass is 418 g/mol. The van der Waals surface area contributed by atoms with E-state index < -0.39 is 4.92 Å². The van der Waals surface area contributed by atoms with Crippen LogP contribution >= 0.6 is 0 Å². The lowest BCUT2D eigenvalue weighted by molar-refractivity contribution is -0.386. The first-order valence-electron chi connectivity index (χ1n) is 9.64. The van der Waals surface area contributed by atoms with E-state index in [9.17, 15) is 14.9 Å². The number of hydrogen-bond acceptors (Lipinski definition) is 8. The second-order valence-corrected chi connectivity index (χ2v) is 6.26. The molecule has 0 aliphatic carbocycles. The lowest BCUT2D eigenvalue weighted by Crippen LogP contribution is -2.13. The van der Waals surface area contributed by atoms with Gasteiger partial charge in [-0.3, -0.25) is 14.9 Å². The number of nitrogens with zero attached hydrogens (tertiary/aromatic N) is 2. The van der Waals surface area contributed by atoms with Crippen LogP contribution in [0.25, 0.3) is 11.1 Å². The number of carbonyl (C=O) groups is 1. The first-order valence-corrected chi connectivity index (χ1v) is 9.64. The fraction of sp³-hybridized carbons (Fsp3) is 0.429. The molecule has 0 N–H and O–H groups in total. The molecule has 30 heavy (non-hydrogen) atoms. The molecule has 0 aliphatic heterocycles. The number of esters is 1. The Hall–Kier alpha value is -3.04. The van der Waals surface area contributed by atoms with Crippen LogP contribution in [-0.4, -0.2) is 56.0 Å². The Morgan fingerprint density at radius 1 is 1.07 bits per heavy atom. The maximum atomic E-state index is 11.4. The first kappa shape index (κ1) is 23.2. The lowest BCUT2D eigenvalue weighted by atomic mass is 10.0. The summed E-state index contributed by atoms with van der Waals surface area (Å²) in [6.45, 7) is 3.28. The quantitative estimate of drug-likeness (QED) is 0.211. The molecule has 9 nitrogen and oxygen atoms in total. The number of aromatic nitrogens is 1. The van der Waals surface area contributed by atoms with E-state index in [2.05, 4.69) is 9.72 Å². The summed E-state index contributed by atoms with van der Waals surface area (Å²) in [6, 6.07) is 9.27. The van der Waals surface area contributed by atoms with Gasteiger partial charge in [-0.25, -0.2) is 4.98 Å². The maximum absolute atomic E-state index is 11.4. The summed E-state index contributed by atoms with van der Waals surface area (Å²) in [7, 11) is 1.32. The highest BCUT2D eigenvalue weighted by molar-refractivity contribution is 5.69. The number of benzene rings is 1. The molecule has 0 bridgehead atoms. The highest BCUT2D eigenvalue weighted by atomic mass is 16.6. The Bertz CT molecular complexity index is 842. The van der Waals surface area contributed by atoms with E-state index in [4.69, 9.17) is 14.2 Å². The van der Waals surface area contributed by atoms with Gasteiger partial charge in [-0.1, -0.05) is 31.2 Å². The molecule has 0 amide bonds. The molecular weight excluding hydrogens is 392 g/mol. The number of rotatable bonds is 13. The van der Waals surface area contributed by atoms with Crippen LogP contribution in [0, 0.1) is 10.1 Å².